The van der Waals surface area contributed by atoms with Crippen LogP contribution in [-0.2, 0) is 6.42 Å². The van der Waals surface area contributed by atoms with E-state index in [1.165, 1.54) is 6.42 Å². The lowest BCUT2D eigenvalue weighted by Crippen LogP contribution is -2.51. The van der Waals surface area contributed by atoms with Crippen molar-refractivity contribution in [2.75, 3.05) is 11.9 Å². The molecule has 1 amide bonds. The summed E-state index contributed by atoms with van der Waals surface area (Å²) in [5.74, 6) is 2.46. The zero-order chi connectivity index (χ0) is 13.9. The highest BCUT2D eigenvalue weighted by Gasteiger charge is 2.48. The van der Waals surface area contributed by atoms with Gasteiger partial charge in [-0.2, -0.15) is 0 Å². The molecule has 106 valence electrons. The Bertz CT molecular complexity index is 605. The molecule has 0 spiro atoms. The Hall–Kier alpha value is -1.85. The lowest BCUT2D eigenvalue weighted by molar-refractivity contribution is 0.0859. The molecule has 2 aliphatic heterocycles. The Morgan fingerprint density at radius 2 is 2.25 bits per heavy atom. The molecule has 3 aliphatic rings. The average molecular weight is 273 g/mol. The van der Waals surface area contributed by atoms with Gasteiger partial charge in [0, 0.05) is 13.5 Å². The molecule has 1 aromatic heterocycles. The number of aliphatic imine (C=N–C) groups is 1. The number of amides is 1. The van der Waals surface area contributed by atoms with Crippen molar-refractivity contribution in [1.29, 1.82) is 0 Å². The molecule has 1 N–H and O–H groups in total. The summed E-state index contributed by atoms with van der Waals surface area (Å²) in [7, 11) is 1.80. The van der Waals surface area contributed by atoms with E-state index in [9.17, 15) is 4.79 Å². The highest BCUT2D eigenvalue weighted by Crippen LogP contribution is 2.39. The molecule has 3 heterocycles. The Morgan fingerprint density at radius 3 is 3.05 bits per heavy atom. The van der Waals surface area contributed by atoms with Crippen LogP contribution in [0.4, 0.5) is 5.82 Å². The SMILES string of the molecule is CCCc1nc2c([nH]1)C(=O)N(C)C1=N[C@@H]3CCC[C@@H]3N12. The fraction of sp³-hybridized carbons (Fsp3) is 0.643. The molecule has 1 fully saturated rings. The maximum Gasteiger partial charge on any atom is 0.280 e. The molecule has 1 saturated carbocycles. The van der Waals surface area contributed by atoms with E-state index in [1.807, 2.05) is 0 Å². The molecule has 0 bridgehead atoms. The first-order valence-electron chi connectivity index (χ1n) is 7.44. The number of nitrogens with zero attached hydrogens (tertiary/aromatic N) is 4. The Morgan fingerprint density at radius 1 is 1.40 bits per heavy atom. The lowest BCUT2D eigenvalue weighted by Gasteiger charge is -2.33. The highest BCUT2D eigenvalue weighted by atomic mass is 16.2. The number of aromatic amines is 1. The number of H-pyrrole nitrogens is 1. The van der Waals surface area contributed by atoms with Crippen LogP contribution in [-0.4, -0.2) is 45.9 Å². The van der Waals surface area contributed by atoms with Crippen LogP contribution in [0.3, 0.4) is 0 Å². The number of hydrogen-bond acceptors (Lipinski definition) is 4. The molecule has 1 aromatic rings. The number of aromatic nitrogens is 2. The fourth-order valence-electron chi connectivity index (χ4n) is 3.58. The van der Waals surface area contributed by atoms with Gasteiger partial charge in [-0.25, -0.2) is 9.98 Å². The predicted octanol–water partition coefficient (Wildman–Crippen LogP) is 1.54. The number of nitrogens with one attached hydrogen (secondary N) is 1. The number of rotatable bonds is 2. The summed E-state index contributed by atoms with van der Waals surface area (Å²) in [5.41, 5.74) is 0.627. The minimum Gasteiger partial charge on any atom is -0.336 e. The van der Waals surface area contributed by atoms with Gasteiger partial charge in [0.2, 0.25) is 5.96 Å². The van der Waals surface area contributed by atoms with Crippen molar-refractivity contribution in [1.82, 2.24) is 14.9 Å². The molecular formula is C14H19N5O. The third kappa shape index (κ3) is 1.42. The zero-order valence-electron chi connectivity index (χ0n) is 11.9. The largest absolute Gasteiger partial charge is 0.336 e. The Labute approximate surface area is 117 Å². The normalized spacial score (nSPS) is 27.5. The van der Waals surface area contributed by atoms with Crippen molar-refractivity contribution < 1.29 is 4.79 Å². The van der Waals surface area contributed by atoms with Crippen molar-refractivity contribution in [3.05, 3.63) is 11.5 Å². The van der Waals surface area contributed by atoms with Gasteiger partial charge in [0.15, 0.2) is 5.82 Å². The van der Waals surface area contributed by atoms with Gasteiger partial charge in [0.1, 0.15) is 11.5 Å². The van der Waals surface area contributed by atoms with E-state index < -0.39 is 0 Å². The summed E-state index contributed by atoms with van der Waals surface area (Å²) in [5, 5.41) is 0. The summed E-state index contributed by atoms with van der Waals surface area (Å²) in [6, 6.07) is 0.717. The van der Waals surface area contributed by atoms with Crippen molar-refractivity contribution in [3.63, 3.8) is 0 Å². The third-order valence-electron chi connectivity index (χ3n) is 4.54. The number of fused-ring (bicyclic) bond motifs is 5. The van der Waals surface area contributed by atoms with Gasteiger partial charge in [0.05, 0.1) is 12.1 Å². The molecule has 2 atom stereocenters. The molecular weight excluding hydrogens is 254 g/mol. The van der Waals surface area contributed by atoms with E-state index >= 15 is 0 Å². The van der Waals surface area contributed by atoms with Gasteiger partial charge in [-0.15, -0.1) is 0 Å². The molecule has 6 nitrogen and oxygen atoms in total. The first kappa shape index (κ1) is 11.9. The lowest BCUT2D eigenvalue weighted by atomic mass is 10.1. The van der Waals surface area contributed by atoms with E-state index in [4.69, 9.17) is 4.99 Å². The monoisotopic (exact) mass is 273 g/mol. The molecule has 6 heteroatoms. The van der Waals surface area contributed by atoms with Crippen LogP contribution in [0, 0.1) is 0 Å². The number of carbonyl (C=O) groups is 1. The summed E-state index contributed by atoms with van der Waals surface area (Å²) in [4.78, 5) is 28.9. The van der Waals surface area contributed by atoms with Crippen LogP contribution in [0.2, 0.25) is 0 Å². The average Bonchev–Trinajstić information content (AvgIpc) is 3.08. The van der Waals surface area contributed by atoms with Gasteiger partial charge < -0.3 is 4.98 Å². The first-order chi connectivity index (χ1) is 9.70. The molecule has 4 rings (SSSR count). The van der Waals surface area contributed by atoms with Gasteiger partial charge in [-0.1, -0.05) is 6.92 Å². The summed E-state index contributed by atoms with van der Waals surface area (Å²) < 4.78 is 0. The summed E-state index contributed by atoms with van der Waals surface area (Å²) in [6.07, 6.45) is 5.35. The maximum atomic E-state index is 12.4. The van der Waals surface area contributed by atoms with Crippen molar-refractivity contribution in [3.8, 4) is 0 Å². The molecule has 0 aromatic carbocycles. The van der Waals surface area contributed by atoms with Crippen LogP contribution in [0.15, 0.2) is 4.99 Å². The van der Waals surface area contributed by atoms with E-state index in [0.29, 0.717) is 17.8 Å². The fourth-order valence-corrected chi connectivity index (χ4v) is 3.58. The third-order valence-corrected chi connectivity index (χ3v) is 4.54. The topological polar surface area (TPSA) is 64.6 Å². The minimum absolute atomic E-state index is 0.0233. The maximum absolute atomic E-state index is 12.4. The number of carbonyl (C=O) groups excluding carboxylic acids is 1. The summed E-state index contributed by atoms with van der Waals surface area (Å²) >= 11 is 0. The zero-order valence-corrected chi connectivity index (χ0v) is 11.9. The number of aryl methyl sites for hydroxylation is 1. The first-order valence-corrected chi connectivity index (χ1v) is 7.44. The van der Waals surface area contributed by atoms with Gasteiger partial charge in [-0.3, -0.25) is 14.6 Å². The molecule has 0 unspecified atom stereocenters. The van der Waals surface area contributed by atoms with Gasteiger partial charge in [-0.05, 0) is 25.7 Å². The number of hydrogen-bond donors (Lipinski definition) is 1. The Kier molecular flexibility index (Phi) is 2.43. The number of imidazole rings is 1. The second-order valence-electron chi connectivity index (χ2n) is 5.86. The second kappa shape index (κ2) is 4.07. The van der Waals surface area contributed by atoms with Gasteiger partial charge >= 0.3 is 0 Å². The summed E-state index contributed by atoms with van der Waals surface area (Å²) in [6.45, 7) is 2.12. The standard InChI is InChI=1S/C14H19N5O/c1-3-5-10-16-11-12(17-10)19-9-7-4-6-8(9)15-14(19)18(2)13(11)20/h8-9H,3-7H2,1-2H3,(H,16,17)/t8-,9+/m1/s1. The van der Waals surface area contributed by atoms with Gasteiger partial charge in [0.25, 0.3) is 5.91 Å². The van der Waals surface area contributed by atoms with Crippen molar-refractivity contribution in [2.24, 2.45) is 4.99 Å². The smallest absolute Gasteiger partial charge is 0.280 e. The van der Waals surface area contributed by atoms with Crippen LogP contribution in [0.1, 0.15) is 48.9 Å². The second-order valence-corrected chi connectivity index (χ2v) is 5.86. The van der Waals surface area contributed by atoms with E-state index in [-0.39, 0.29) is 5.91 Å². The van der Waals surface area contributed by atoms with Crippen LogP contribution in [0.5, 0.6) is 0 Å². The van der Waals surface area contributed by atoms with Crippen LogP contribution >= 0.6 is 0 Å². The minimum atomic E-state index is -0.0233. The van der Waals surface area contributed by atoms with E-state index in [2.05, 4.69) is 21.8 Å². The number of anilines is 1. The molecule has 0 saturated heterocycles. The van der Waals surface area contributed by atoms with Crippen LogP contribution in [0.25, 0.3) is 0 Å². The van der Waals surface area contributed by atoms with Crippen molar-refractivity contribution in [2.45, 2.75) is 51.1 Å². The van der Waals surface area contributed by atoms with Crippen LogP contribution < -0.4 is 4.90 Å². The quantitative estimate of drug-likeness (QED) is 0.889. The molecule has 0 radical (unpaired) electrons. The highest BCUT2D eigenvalue weighted by molar-refractivity contribution is 6.18. The van der Waals surface area contributed by atoms with E-state index in [1.54, 1.807) is 11.9 Å². The molecule has 20 heavy (non-hydrogen) atoms. The number of guanidine groups is 1. The Balaban J connectivity index is 1.83. The molecule has 1 aliphatic carbocycles. The van der Waals surface area contributed by atoms with E-state index in [0.717, 1.165) is 43.3 Å². The predicted molar refractivity (Wildman–Crippen MR) is 76.0 cm³/mol. The van der Waals surface area contributed by atoms with Crippen molar-refractivity contribution >= 4 is 17.7 Å².